The maximum Gasteiger partial charge on any atom is 0.0317 e. The second kappa shape index (κ2) is 5.45. The minimum absolute atomic E-state index is 0.883. The first kappa shape index (κ1) is 10.9. The number of nitrogen functional groups attached to an aromatic ring is 1. The van der Waals surface area contributed by atoms with E-state index in [0.29, 0.717) is 0 Å². The van der Waals surface area contributed by atoms with Gasteiger partial charge in [-0.05, 0) is 42.2 Å². The van der Waals surface area contributed by atoms with Gasteiger partial charge in [0.05, 0.1) is 0 Å². The highest BCUT2D eigenvalue weighted by atomic mass is 32.2. The van der Waals surface area contributed by atoms with Gasteiger partial charge in [-0.25, -0.2) is 0 Å². The fourth-order valence-corrected chi connectivity index (χ4v) is 3.40. The standard InChI is InChI=1S/C13H19NS/c14-13-7-3-6-12(8-13)10-15-9-11-4-1-2-5-11/h3,6-8,11H,1-2,4-5,9-10,14H2. The molecule has 0 amide bonds. The van der Waals surface area contributed by atoms with Gasteiger partial charge < -0.3 is 5.73 Å². The smallest absolute Gasteiger partial charge is 0.0317 e. The first-order valence-corrected chi connectivity index (χ1v) is 6.92. The van der Waals surface area contributed by atoms with Gasteiger partial charge in [-0.3, -0.25) is 0 Å². The Kier molecular flexibility index (Phi) is 3.95. The Morgan fingerprint density at radius 2 is 2.07 bits per heavy atom. The quantitative estimate of drug-likeness (QED) is 0.785. The molecule has 0 bridgehead atoms. The third-order valence-electron chi connectivity index (χ3n) is 3.05. The largest absolute Gasteiger partial charge is 0.399 e. The minimum Gasteiger partial charge on any atom is -0.399 e. The van der Waals surface area contributed by atoms with Crippen LogP contribution in [0, 0.1) is 5.92 Å². The SMILES string of the molecule is Nc1cccc(CSCC2CCCC2)c1. The van der Waals surface area contributed by atoms with Gasteiger partial charge in [0.15, 0.2) is 0 Å². The Labute approximate surface area is 96.4 Å². The zero-order valence-electron chi connectivity index (χ0n) is 9.11. The lowest BCUT2D eigenvalue weighted by Crippen LogP contribution is -1.97. The summed E-state index contributed by atoms with van der Waals surface area (Å²) in [5, 5.41) is 0. The van der Waals surface area contributed by atoms with Crippen LogP contribution in [-0.2, 0) is 5.75 Å². The highest BCUT2D eigenvalue weighted by Gasteiger charge is 2.14. The summed E-state index contributed by atoms with van der Waals surface area (Å²) < 4.78 is 0. The molecule has 0 spiro atoms. The van der Waals surface area contributed by atoms with Gasteiger partial charge in [0.25, 0.3) is 0 Å². The summed E-state index contributed by atoms with van der Waals surface area (Å²) in [6.07, 6.45) is 5.79. The molecule has 15 heavy (non-hydrogen) atoms. The molecule has 1 fully saturated rings. The van der Waals surface area contributed by atoms with Crippen LogP contribution in [0.4, 0.5) is 5.69 Å². The van der Waals surface area contributed by atoms with Gasteiger partial charge in [0.1, 0.15) is 0 Å². The third-order valence-corrected chi connectivity index (χ3v) is 4.29. The van der Waals surface area contributed by atoms with Gasteiger partial charge in [0.2, 0.25) is 0 Å². The predicted octanol–water partition coefficient (Wildman–Crippen LogP) is 3.69. The van der Waals surface area contributed by atoms with Gasteiger partial charge in [-0.1, -0.05) is 25.0 Å². The second-order valence-corrected chi connectivity index (χ2v) is 5.44. The third kappa shape index (κ3) is 3.45. The minimum atomic E-state index is 0.883. The van der Waals surface area contributed by atoms with Crippen LogP contribution in [0.15, 0.2) is 24.3 Å². The van der Waals surface area contributed by atoms with Crippen LogP contribution in [0.2, 0.25) is 0 Å². The van der Waals surface area contributed by atoms with Gasteiger partial charge in [0, 0.05) is 11.4 Å². The summed E-state index contributed by atoms with van der Waals surface area (Å²) in [4.78, 5) is 0. The first-order chi connectivity index (χ1) is 7.34. The molecular formula is C13H19NS. The Bertz CT molecular complexity index is 305. The molecule has 1 saturated carbocycles. The van der Waals surface area contributed by atoms with E-state index in [2.05, 4.69) is 23.9 Å². The van der Waals surface area contributed by atoms with E-state index >= 15 is 0 Å². The van der Waals surface area contributed by atoms with Crippen molar-refractivity contribution in [3.05, 3.63) is 29.8 Å². The van der Waals surface area contributed by atoms with Crippen molar-refractivity contribution in [3.8, 4) is 0 Å². The molecule has 2 rings (SSSR count). The average molecular weight is 221 g/mol. The van der Waals surface area contributed by atoms with E-state index in [4.69, 9.17) is 5.73 Å². The Morgan fingerprint density at radius 3 is 2.80 bits per heavy atom. The summed E-state index contributed by atoms with van der Waals surface area (Å²) in [5.41, 5.74) is 7.99. The lowest BCUT2D eigenvalue weighted by Gasteiger charge is -2.08. The molecule has 0 heterocycles. The normalized spacial score (nSPS) is 17.1. The zero-order valence-corrected chi connectivity index (χ0v) is 9.93. The number of hydrogen-bond donors (Lipinski definition) is 1. The fourth-order valence-electron chi connectivity index (χ4n) is 2.20. The molecule has 82 valence electrons. The topological polar surface area (TPSA) is 26.0 Å². The summed E-state index contributed by atoms with van der Waals surface area (Å²) in [7, 11) is 0. The fraction of sp³-hybridized carbons (Fsp3) is 0.538. The molecule has 1 aromatic rings. The molecule has 0 aliphatic heterocycles. The Hall–Kier alpha value is -0.630. The summed E-state index contributed by atoms with van der Waals surface area (Å²) in [5.74, 6) is 3.42. The number of hydrogen-bond acceptors (Lipinski definition) is 2. The summed E-state index contributed by atoms with van der Waals surface area (Å²) in [6.45, 7) is 0. The van der Waals surface area contributed by atoms with E-state index in [0.717, 1.165) is 17.4 Å². The lowest BCUT2D eigenvalue weighted by molar-refractivity contribution is 0.623. The molecule has 2 N–H and O–H groups in total. The van der Waals surface area contributed by atoms with E-state index < -0.39 is 0 Å². The molecule has 0 aromatic heterocycles. The van der Waals surface area contributed by atoms with E-state index in [1.54, 1.807) is 0 Å². The van der Waals surface area contributed by atoms with Crippen molar-refractivity contribution >= 4 is 17.4 Å². The van der Waals surface area contributed by atoms with Crippen molar-refractivity contribution in [2.45, 2.75) is 31.4 Å². The van der Waals surface area contributed by atoms with E-state index in [-0.39, 0.29) is 0 Å². The Balaban J connectivity index is 1.73. The molecule has 1 nitrogen and oxygen atoms in total. The average Bonchev–Trinajstić information content (AvgIpc) is 2.71. The molecule has 0 atom stereocenters. The zero-order chi connectivity index (χ0) is 10.5. The Morgan fingerprint density at radius 1 is 1.27 bits per heavy atom. The van der Waals surface area contributed by atoms with Crippen LogP contribution in [0.25, 0.3) is 0 Å². The number of anilines is 1. The van der Waals surface area contributed by atoms with Gasteiger partial charge in [-0.15, -0.1) is 0 Å². The number of benzene rings is 1. The highest BCUT2D eigenvalue weighted by Crippen LogP contribution is 2.29. The molecule has 1 aromatic carbocycles. The molecule has 1 aliphatic rings. The number of nitrogens with two attached hydrogens (primary N) is 1. The van der Waals surface area contributed by atoms with Crippen LogP contribution in [0.3, 0.4) is 0 Å². The number of thioether (sulfide) groups is 1. The molecule has 0 radical (unpaired) electrons. The molecule has 0 saturated heterocycles. The van der Waals surface area contributed by atoms with E-state index in [1.165, 1.54) is 37.0 Å². The molecular weight excluding hydrogens is 202 g/mol. The highest BCUT2D eigenvalue weighted by molar-refractivity contribution is 7.98. The first-order valence-electron chi connectivity index (χ1n) is 5.77. The molecule has 0 unspecified atom stereocenters. The van der Waals surface area contributed by atoms with Crippen LogP contribution < -0.4 is 5.73 Å². The van der Waals surface area contributed by atoms with Crippen LogP contribution in [0.1, 0.15) is 31.2 Å². The van der Waals surface area contributed by atoms with E-state index in [1.807, 2.05) is 12.1 Å². The van der Waals surface area contributed by atoms with Crippen molar-refractivity contribution in [2.75, 3.05) is 11.5 Å². The van der Waals surface area contributed by atoms with Crippen LogP contribution >= 0.6 is 11.8 Å². The van der Waals surface area contributed by atoms with E-state index in [9.17, 15) is 0 Å². The molecule has 1 aliphatic carbocycles. The van der Waals surface area contributed by atoms with Gasteiger partial charge in [-0.2, -0.15) is 11.8 Å². The van der Waals surface area contributed by atoms with Crippen LogP contribution in [-0.4, -0.2) is 5.75 Å². The summed E-state index contributed by atoms with van der Waals surface area (Å²) >= 11 is 2.06. The van der Waals surface area contributed by atoms with Crippen molar-refractivity contribution in [1.82, 2.24) is 0 Å². The van der Waals surface area contributed by atoms with Crippen molar-refractivity contribution in [3.63, 3.8) is 0 Å². The summed E-state index contributed by atoms with van der Waals surface area (Å²) in [6, 6.07) is 8.24. The van der Waals surface area contributed by atoms with Crippen molar-refractivity contribution in [2.24, 2.45) is 5.92 Å². The second-order valence-electron chi connectivity index (χ2n) is 4.41. The monoisotopic (exact) mass is 221 g/mol. The molecule has 2 heteroatoms. The number of rotatable bonds is 4. The predicted molar refractivity (Wildman–Crippen MR) is 69.0 cm³/mol. The van der Waals surface area contributed by atoms with Crippen LogP contribution in [0.5, 0.6) is 0 Å². The maximum atomic E-state index is 5.74. The lowest BCUT2D eigenvalue weighted by atomic mass is 10.1. The van der Waals surface area contributed by atoms with Crippen molar-refractivity contribution < 1.29 is 0 Å². The van der Waals surface area contributed by atoms with Crippen molar-refractivity contribution in [1.29, 1.82) is 0 Å². The van der Waals surface area contributed by atoms with Gasteiger partial charge >= 0.3 is 0 Å². The maximum absolute atomic E-state index is 5.74.